The van der Waals surface area contributed by atoms with E-state index in [9.17, 15) is 8.78 Å². The van der Waals surface area contributed by atoms with E-state index in [1.807, 2.05) is 6.42 Å². The Morgan fingerprint density at radius 1 is 1.27 bits per heavy atom. The van der Waals surface area contributed by atoms with E-state index in [2.05, 4.69) is 0 Å². The predicted octanol–water partition coefficient (Wildman–Crippen LogP) is 2.42. The Hall–Kier alpha value is -0.580. The van der Waals surface area contributed by atoms with Crippen molar-refractivity contribution in [2.45, 2.75) is 33.1 Å². The molecule has 0 aliphatic rings. The molecule has 0 aromatic rings. The second-order valence-corrected chi connectivity index (χ2v) is 3.42. The average Bonchev–Trinajstić information content (AvgIpc) is 1.85. The van der Waals surface area contributed by atoms with Gasteiger partial charge in [0.25, 0.3) is 0 Å². The van der Waals surface area contributed by atoms with Crippen molar-refractivity contribution in [1.82, 2.24) is 0 Å². The molecule has 0 amide bonds. The van der Waals surface area contributed by atoms with Gasteiger partial charge in [-0.2, -0.15) is 0 Å². The molecule has 0 saturated carbocycles. The zero-order valence-corrected chi connectivity index (χ0v) is 6.99. The van der Waals surface area contributed by atoms with Crippen molar-refractivity contribution in [2.75, 3.05) is 0 Å². The number of halogens is 2. The second-order valence-electron chi connectivity index (χ2n) is 3.42. The molecule has 0 fully saturated rings. The lowest BCUT2D eigenvalue weighted by molar-refractivity contribution is 0.177. The standard InChI is InChI=1S/C9H12F2/c1-5-7(10)6-8(11)9(2,3)4/h1,7-8H,2-4H3. The molecule has 2 unspecified atom stereocenters. The first-order chi connectivity index (χ1) is 4.88. The number of terminal acetylenes is 1. The van der Waals surface area contributed by atoms with E-state index in [0.29, 0.717) is 0 Å². The molecule has 0 N–H and O–H groups in total. The molecule has 0 aromatic carbocycles. The van der Waals surface area contributed by atoms with Crippen LogP contribution in [0, 0.1) is 24.2 Å². The van der Waals surface area contributed by atoms with E-state index in [0.717, 1.165) is 0 Å². The van der Waals surface area contributed by atoms with Crippen LogP contribution in [0.5, 0.6) is 0 Å². The summed E-state index contributed by atoms with van der Waals surface area (Å²) in [6.07, 6.45) is 3.58. The normalized spacial score (nSPS) is 17.1. The molecule has 0 heterocycles. The van der Waals surface area contributed by atoms with Crippen LogP contribution in [0.2, 0.25) is 0 Å². The summed E-state index contributed by atoms with van der Waals surface area (Å²) in [5.41, 5.74) is -0.624. The van der Waals surface area contributed by atoms with Crippen molar-refractivity contribution in [3.63, 3.8) is 0 Å². The van der Waals surface area contributed by atoms with Crippen LogP contribution in [0.25, 0.3) is 0 Å². The largest absolute Gasteiger partial charge is 0.246 e. The van der Waals surface area contributed by atoms with Gasteiger partial charge in [0.2, 0.25) is 0 Å². The first-order valence-corrected chi connectivity index (χ1v) is 3.38. The molecule has 0 nitrogen and oxygen atoms in total. The van der Waals surface area contributed by atoms with Gasteiger partial charge in [-0.25, -0.2) is 8.78 Å². The fourth-order valence-electron chi connectivity index (χ4n) is 0.427. The highest BCUT2D eigenvalue weighted by molar-refractivity contribution is 5.06. The number of rotatable bonds is 2. The van der Waals surface area contributed by atoms with Crippen molar-refractivity contribution in [3.8, 4) is 12.3 Å². The van der Waals surface area contributed by atoms with E-state index in [1.165, 1.54) is 0 Å². The molecule has 62 valence electrons. The molecule has 0 saturated heterocycles. The highest BCUT2D eigenvalue weighted by Crippen LogP contribution is 2.25. The first kappa shape index (κ1) is 10.4. The van der Waals surface area contributed by atoms with Crippen LogP contribution in [0.15, 0.2) is 0 Å². The molecule has 0 bridgehead atoms. The lowest BCUT2D eigenvalue weighted by Gasteiger charge is -2.22. The van der Waals surface area contributed by atoms with Crippen LogP contribution in [0.3, 0.4) is 0 Å². The summed E-state index contributed by atoms with van der Waals surface area (Å²) in [6, 6.07) is 0. The van der Waals surface area contributed by atoms with Crippen molar-refractivity contribution in [3.05, 3.63) is 6.42 Å². The maximum atomic E-state index is 12.9. The predicted molar refractivity (Wildman–Crippen MR) is 41.3 cm³/mol. The van der Waals surface area contributed by atoms with Gasteiger partial charge in [-0.15, -0.1) is 6.42 Å². The van der Waals surface area contributed by atoms with Gasteiger partial charge in [-0.05, 0) is 5.41 Å². The summed E-state index contributed by atoms with van der Waals surface area (Å²) < 4.78 is 25.2. The Kier molecular flexibility index (Phi) is 3.51. The highest BCUT2D eigenvalue weighted by Gasteiger charge is 2.27. The molecular weight excluding hydrogens is 146 g/mol. The van der Waals surface area contributed by atoms with Gasteiger partial charge in [0, 0.05) is 0 Å². The molecule has 0 aromatic heterocycles. The maximum absolute atomic E-state index is 12.9. The fourth-order valence-corrected chi connectivity index (χ4v) is 0.427. The summed E-state index contributed by atoms with van der Waals surface area (Å²) in [7, 11) is 0. The Bertz CT molecular complexity index is 150. The Morgan fingerprint density at radius 2 is 1.73 bits per heavy atom. The Labute approximate surface area is 67.0 Å². The molecule has 2 atom stereocenters. The van der Waals surface area contributed by atoms with Gasteiger partial charge in [0.15, 0.2) is 6.17 Å². The van der Waals surface area contributed by atoms with Crippen LogP contribution >= 0.6 is 0 Å². The zero-order valence-electron chi connectivity index (χ0n) is 6.99. The van der Waals surface area contributed by atoms with Crippen LogP contribution in [0.4, 0.5) is 8.78 Å². The van der Waals surface area contributed by atoms with Crippen molar-refractivity contribution >= 4 is 0 Å². The summed E-state index contributed by atoms with van der Waals surface area (Å²) in [5, 5.41) is 0. The fraction of sp³-hybridized carbons (Fsp3) is 0.667. The monoisotopic (exact) mass is 158 g/mol. The smallest absolute Gasteiger partial charge is 0.170 e. The highest BCUT2D eigenvalue weighted by atomic mass is 19.1. The molecule has 0 aliphatic heterocycles. The van der Waals surface area contributed by atoms with Crippen LogP contribution in [-0.2, 0) is 0 Å². The molecule has 2 radical (unpaired) electrons. The van der Waals surface area contributed by atoms with Crippen molar-refractivity contribution in [2.24, 2.45) is 5.41 Å². The zero-order chi connectivity index (χ0) is 9.07. The van der Waals surface area contributed by atoms with Gasteiger partial charge < -0.3 is 0 Å². The Morgan fingerprint density at radius 3 is 2.00 bits per heavy atom. The van der Waals surface area contributed by atoms with Crippen molar-refractivity contribution in [1.29, 1.82) is 0 Å². The molecular formula is C9H12F2. The number of hydrogen-bond acceptors (Lipinski definition) is 0. The number of hydrogen-bond donors (Lipinski definition) is 0. The van der Waals surface area contributed by atoms with Gasteiger partial charge in [0.05, 0.1) is 6.42 Å². The molecule has 0 spiro atoms. The maximum Gasteiger partial charge on any atom is 0.170 e. The number of alkyl halides is 2. The van der Waals surface area contributed by atoms with E-state index >= 15 is 0 Å². The third-order valence-electron chi connectivity index (χ3n) is 1.20. The molecule has 11 heavy (non-hydrogen) atoms. The minimum Gasteiger partial charge on any atom is -0.246 e. The van der Waals surface area contributed by atoms with Crippen LogP contribution in [-0.4, -0.2) is 12.3 Å². The van der Waals surface area contributed by atoms with Gasteiger partial charge in [-0.1, -0.05) is 26.7 Å². The summed E-state index contributed by atoms with van der Waals surface area (Å²) in [5.74, 6) is 1.75. The van der Waals surface area contributed by atoms with Gasteiger partial charge in [0.1, 0.15) is 6.17 Å². The SMILES string of the molecule is C#CC(F)[C]C(F)C(C)(C)C. The topological polar surface area (TPSA) is 0 Å². The minimum atomic E-state index is -1.70. The van der Waals surface area contributed by atoms with Crippen LogP contribution < -0.4 is 0 Å². The molecule has 0 rings (SSSR count). The molecule has 2 heteroatoms. The lowest BCUT2D eigenvalue weighted by Crippen LogP contribution is -2.25. The second kappa shape index (κ2) is 3.71. The van der Waals surface area contributed by atoms with Gasteiger partial charge >= 0.3 is 0 Å². The molecule has 0 aliphatic carbocycles. The van der Waals surface area contributed by atoms with Crippen LogP contribution in [0.1, 0.15) is 20.8 Å². The van der Waals surface area contributed by atoms with E-state index < -0.39 is 17.8 Å². The lowest BCUT2D eigenvalue weighted by atomic mass is 9.87. The third kappa shape index (κ3) is 3.98. The van der Waals surface area contributed by atoms with E-state index in [1.54, 1.807) is 26.7 Å². The quantitative estimate of drug-likeness (QED) is 0.541. The van der Waals surface area contributed by atoms with E-state index in [4.69, 9.17) is 6.42 Å². The van der Waals surface area contributed by atoms with E-state index in [-0.39, 0.29) is 0 Å². The summed E-state index contributed by atoms with van der Waals surface area (Å²) in [6.45, 7) is 4.98. The third-order valence-corrected chi connectivity index (χ3v) is 1.20. The summed E-state index contributed by atoms with van der Waals surface area (Å²) >= 11 is 0. The Balaban J connectivity index is 3.90. The summed E-state index contributed by atoms with van der Waals surface area (Å²) in [4.78, 5) is 0. The average molecular weight is 158 g/mol. The first-order valence-electron chi connectivity index (χ1n) is 3.38. The van der Waals surface area contributed by atoms with Gasteiger partial charge in [-0.3, -0.25) is 0 Å². The minimum absolute atomic E-state index is 0.624. The van der Waals surface area contributed by atoms with Crippen molar-refractivity contribution < 1.29 is 8.78 Å².